The van der Waals surface area contributed by atoms with Crippen molar-refractivity contribution in [2.45, 2.75) is 44.3 Å². The van der Waals surface area contributed by atoms with Crippen molar-refractivity contribution in [3.05, 3.63) is 53.3 Å². The zero-order valence-electron chi connectivity index (χ0n) is 21.0. The molecule has 0 spiro atoms. The zero-order valence-corrected chi connectivity index (χ0v) is 21.0. The summed E-state index contributed by atoms with van der Waals surface area (Å²) in [6.45, 7) is 6.30. The lowest BCUT2D eigenvalue weighted by Gasteiger charge is -2.36. The summed E-state index contributed by atoms with van der Waals surface area (Å²) in [5.74, 6) is 0.680. The second-order valence-corrected chi connectivity index (χ2v) is 10.4. The zero-order chi connectivity index (χ0) is 25.9. The van der Waals surface area contributed by atoms with Crippen LogP contribution in [-0.4, -0.2) is 66.4 Å². The van der Waals surface area contributed by atoms with Crippen molar-refractivity contribution in [3.8, 4) is 5.75 Å². The number of aromatic nitrogens is 1. The number of carbonyl (C=O) groups excluding carboxylic acids is 3. The highest BCUT2D eigenvalue weighted by molar-refractivity contribution is 6.10. The Balaban J connectivity index is 1.34. The maximum Gasteiger partial charge on any atom is 0.254 e. The van der Waals surface area contributed by atoms with Gasteiger partial charge in [0.15, 0.2) is 5.58 Å². The van der Waals surface area contributed by atoms with Crippen molar-refractivity contribution in [2.75, 3.05) is 31.6 Å². The minimum atomic E-state index is -1.34. The summed E-state index contributed by atoms with van der Waals surface area (Å²) in [5.41, 5.74) is 1.19. The van der Waals surface area contributed by atoms with E-state index in [2.05, 4.69) is 29.4 Å². The quantitative estimate of drug-likeness (QED) is 0.508. The Kier molecular flexibility index (Phi) is 5.45. The molecule has 10 nitrogen and oxygen atoms in total. The van der Waals surface area contributed by atoms with Gasteiger partial charge in [-0.2, -0.15) is 0 Å². The molecule has 0 saturated carbocycles. The Bertz CT molecular complexity index is 1420. The number of rotatable bonds is 5. The molecule has 0 aliphatic carbocycles. The van der Waals surface area contributed by atoms with Crippen LogP contribution in [0, 0.1) is 0 Å². The third-order valence-electron chi connectivity index (χ3n) is 7.52. The fraction of sp³-hybridized carbons (Fsp3) is 0.407. The highest BCUT2D eigenvalue weighted by Crippen LogP contribution is 2.39. The molecule has 2 saturated heterocycles. The Morgan fingerprint density at radius 2 is 1.89 bits per heavy atom. The fourth-order valence-electron chi connectivity index (χ4n) is 5.81. The molecule has 3 aromatic rings. The lowest BCUT2D eigenvalue weighted by Crippen LogP contribution is -2.54. The summed E-state index contributed by atoms with van der Waals surface area (Å²) >= 11 is 0. The Morgan fingerprint density at radius 3 is 2.59 bits per heavy atom. The van der Waals surface area contributed by atoms with Gasteiger partial charge in [-0.15, -0.1) is 0 Å². The predicted molar refractivity (Wildman–Crippen MR) is 135 cm³/mol. The van der Waals surface area contributed by atoms with E-state index in [-0.39, 0.29) is 18.9 Å². The van der Waals surface area contributed by atoms with Gasteiger partial charge in [-0.3, -0.25) is 19.7 Å². The minimum Gasteiger partial charge on any atom is -0.497 e. The number of amides is 3. The normalized spacial score (nSPS) is 25.6. The number of ether oxygens (including phenoxy) is 1. The van der Waals surface area contributed by atoms with Gasteiger partial charge < -0.3 is 24.3 Å². The number of pyridine rings is 1. The lowest BCUT2D eigenvalue weighted by atomic mass is 9.82. The molecule has 2 unspecified atom stereocenters. The first-order valence-corrected chi connectivity index (χ1v) is 12.5. The molecule has 1 aromatic carbocycles. The van der Waals surface area contributed by atoms with Crippen LogP contribution in [0.15, 0.2) is 40.8 Å². The molecule has 10 heteroatoms. The first kappa shape index (κ1) is 23.5. The van der Waals surface area contributed by atoms with E-state index in [0.717, 1.165) is 24.5 Å². The second-order valence-electron chi connectivity index (χ2n) is 10.4. The SMILES string of the molecule is COc1ccc2c(c1)C(=O)N(C[C@@]1(c3cc4nc(N5CC(C)NC(C)C5)ccc4o3)CC(=O)NC1=O)C2. The van der Waals surface area contributed by atoms with Crippen LogP contribution in [0.4, 0.5) is 5.82 Å². The van der Waals surface area contributed by atoms with Crippen LogP contribution < -0.4 is 20.3 Å². The molecule has 2 aromatic heterocycles. The van der Waals surface area contributed by atoms with Crippen molar-refractivity contribution in [1.82, 2.24) is 20.5 Å². The minimum absolute atomic E-state index is 0.0138. The van der Waals surface area contributed by atoms with Gasteiger partial charge in [0.2, 0.25) is 11.8 Å². The molecule has 6 rings (SSSR count). The number of anilines is 1. The molecule has 3 aliphatic heterocycles. The summed E-state index contributed by atoms with van der Waals surface area (Å²) in [4.78, 5) is 47.6. The number of benzene rings is 1. The Labute approximate surface area is 213 Å². The van der Waals surface area contributed by atoms with Gasteiger partial charge in [0.1, 0.15) is 28.3 Å². The summed E-state index contributed by atoms with van der Waals surface area (Å²) in [6.07, 6.45) is -0.102. The predicted octanol–water partition coefficient (Wildman–Crippen LogP) is 1.96. The van der Waals surface area contributed by atoms with Crippen LogP contribution in [0.5, 0.6) is 5.75 Å². The summed E-state index contributed by atoms with van der Waals surface area (Å²) in [6, 6.07) is 11.5. The number of fused-ring (bicyclic) bond motifs is 2. The van der Waals surface area contributed by atoms with Gasteiger partial charge in [-0.25, -0.2) is 4.98 Å². The van der Waals surface area contributed by atoms with Crippen LogP contribution in [0.2, 0.25) is 0 Å². The average molecular weight is 504 g/mol. The van der Waals surface area contributed by atoms with Gasteiger partial charge >= 0.3 is 0 Å². The Morgan fingerprint density at radius 1 is 1.11 bits per heavy atom. The third kappa shape index (κ3) is 3.92. The molecule has 0 radical (unpaired) electrons. The first-order valence-electron chi connectivity index (χ1n) is 12.5. The van der Waals surface area contributed by atoms with E-state index in [1.807, 2.05) is 18.2 Å². The highest BCUT2D eigenvalue weighted by atomic mass is 16.5. The molecule has 0 bridgehead atoms. The first-order chi connectivity index (χ1) is 17.8. The van der Waals surface area contributed by atoms with E-state index in [4.69, 9.17) is 14.1 Å². The van der Waals surface area contributed by atoms with E-state index in [0.29, 0.717) is 46.8 Å². The molecule has 3 aliphatic rings. The van der Waals surface area contributed by atoms with Crippen molar-refractivity contribution < 1.29 is 23.5 Å². The topological polar surface area (TPSA) is 117 Å². The summed E-state index contributed by atoms with van der Waals surface area (Å²) < 4.78 is 11.4. The van der Waals surface area contributed by atoms with Gasteiger partial charge in [-0.05, 0) is 43.7 Å². The molecule has 3 amide bonds. The fourth-order valence-corrected chi connectivity index (χ4v) is 5.81. The smallest absolute Gasteiger partial charge is 0.254 e. The number of furan rings is 1. The largest absolute Gasteiger partial charge is 0.497 e. The van der Waals surface area contributed by atoms with E-state index >= 15 is 0 Å². The molecule has 37 heavy (non-hydrogen) atoms. The van der Waals surface area contributed by atoms with Gasteiger partial charge in [0.25, 0.3) is 5.91 Å². The van der Waals surface area contributed by atoms with E-state index in [9.17, 15) is 14.4 Å². The van der Waals surface area contributed by atoms with Crippen LogP contribution >= 0.6 is 0 Å². The van der Waals surface area contributed by atoms with Crippen molar-refractivity contribution in [1.29, 1.82) is 0 Å². The third-order valence-corrected chi connectivity index (χ3v) is 7.52. The molecular weight excluding hydrogens is 474 g/mol. The highest BCUT2D eigenvalue weighted by Gasteiger charge is 2.53. The number of piperazine rings is 1. The molecule has 5 heterocycles. The van der Waals surface area contributed by atoms with Crippen LogP contribution in [-0.2, 0) is 21.5 Å². The second kappa shape index (κ2) is 8.58. The van der Waals surface area contributed by atoms with Gasteiger partial charge in [0.05, 0.1) is 13.5 Å². The monoisotopic (exact) mass is 503 g/mol. The van der Waals surface area contributed by atoms with Crippen LogP contribution in [0.1, 0.15) is 41.9 Å². The van der Waals surface area contributed by atoms with E-state index in [1.54, 1.807) is 30.2 Å². The van der Waals surface area contributed by atoms with E-state index in [1.165, 1.54) is 0 Å². The summed E-state index contributed by atoms with van der Waals surface area (Å²) in [5, 5.41) is 5.94. The lowest BCUT2D eigenvalue weighted by molar-refractivity contribution is -0.127. The van der Waals surface area contributed by atoms with Gasteiger partial charge in [0, 0.05) is 49.9 Å². The van der Waals surface area contributed by atoms with Crippen molar-refractivity contribution in [2.24, 2.45) is 0 Å². The maximum absolute atomic E-state index is 13.3. The van der Waals surface area contributed by atoms with Crippen LogP contribution in [0.3, 0.4) is 0 Å². The number of methoxy groups -OCH3 is 1. The number of hydrogen-bond donors (Lipinski definition) is 2. The van der Waals surface area contributed by atoms with Crippen molar-refractivity contribution >= 4 is 34.6 Å². The van der Waals surface area contributed by atoms with Crippen molar-refractivity contribution in [3.63, 3.8) is 0 Å². The molecule has 3 atom stereocenters. The average Bonchev–Trinajstić information content (AvgIpc) is 3.51. The summed E-state index contributed by atoms with van der Waals surface area (Å²) in [7, 11) is 1.55. The van der Waals surface area contributed by atoms with Gasteiger partial charge in [-0.1, -0.05) is 6.07 Å². The maximum atomic E-state index is 13.3. The number of nitrogens with one attached hydrogen (secondary N) is 2. The number of hydrogen-bond acceptors (Lipinski definition) is 8. The molecule has 192 valence electrons. The molecule has 2 N–H and O–H groups in total. The number of imide groups is 1. The molecular formula is C27H29N5O5. The van der Waals surface area contributed by atoms with Crippen LogP contribution in [0.25, 0.3) is 11.1 Å². The molecule has 2 fully saturated rings. The standard InChI is InChI=1S/C27H29N5O5/c1-15-11-31(12-16(2)28-15)23-7-6-21-20(29-23)9-22(37-21)27(10-24(33)30-26(27)35)14-32-13-17-4-5-18(36-3)8-19(17)25(32)34/h4-9,15-16,28H,10-14H2,1-3H3,(H,30,33,35)/t15?,16?,27-/m1/s1. The number of carbonyl (C=O) groups is 3. The van der Waals surface area contributed by atoms with E-state index < -0.39 is 17.2 Å². The number of nitrogens with zero attached hydrogens (tertiary/aromatic N) is 3. The Hall–Kier alpha value is -3.92.